The largest absolute Gasteiger partial charge is 0.338 e. The van der Waals surface area contributed by atoms with E-state index in [9.17, 15) is 9.59 Å². The molecule has 0 aliphatic carbocycles. The highest BCUT2D eigenvalue weighted by Crippen LogP contribution is 2.20. The van der Waals surface area contributed by atoms with Crippen LogP contribution in [0.4, 0.5) is 0 Å². The third-order valence-corrected chi connectivity index (χ3v) is 3.82. The number of carbonyl (C=O) groups is 2. The molecule has 3 nitrogen and oxygen atoms in total. The van der Waals surface area contributed by atoms with E-state index in [-0.39, 0.29) is 11.7 Å². The van der Waals surface area contributed by atoms with E-state index in [0.717, 1.165) is 0 Å². The molecule has 1 aromatic carbocycles. The van der Waals surface area contributed by atoms with Crippen LogP contribution in [0, 0.1) is 20.8 Å². The molecule has 1 saturated heterocycles. The van der Waals surface area contributed by atoms with Crippen molar-refractivity contribution in [3.05, 3.63) is 34.4 Å². The quantitative estimate of drug-likeness (QED) is 0.819. The summed E-state index contributed by atoms with van der Waals surface area (Å²) in [5.41, 5.74) is 4.91. The number of likely N-dealkylation sites (tertiary alicyclic amines) is 1. The number of benzene rings is 1. The van der Waals surface area contributed by atoms with Crippen LogP contribution in [0.5, 0.6) is 0 Å². The molecule has 2 rings (SSSR count). The fraction of sp³-hybridized carbons (Fsp3) is 0.500. The van der Waals surface area contributed by atoms with Crippen LogP contribution in [0.3, 0.4) is 0 Å². The molecule has 102 valence electrons. The summed E-state index contributed by atoms with van der Waals surface area (Å²) in [5.74, 6) is 0.304. The fourth-order valence-corrected chi connectivity index (χ4v) is 2.73. The summed E-state index contributed by atoms with van der Waals surface area (Å²) in [7, 11) is 0. The molecule has 1 aliphatic rings. The summed E-state index contributed by atoms with van der Waals surface area (Å²) in [4.78, 5) is 25.3. The Kier molecular flexibility index (Phi) is 4.03. The van der Waals surface area contributed by atoms with E-state index in [2.05, 4.69) is 32.9 Å². The molecule has 0 radical (unpaired) electrons. The number of rotatable bonds is 2. The van der Waals surface area contributed by atoms with Gasteiger partial charge in [0.25, 0.3) is 0 Å². The number of hydrogen-bond acceptors (Lipinski definition) is 2. The van der Waals surface area contributed by atoms with Gasteiger partial charge in [-0.1, -0.05) is 17.7 Å². The molecular weight excluding hydrogens is 238 g/mol. The Morgan fingerprint density at radius 2 is 1.63 bits per heavy atom. The average Bonchev–Trinajstić information content (AvgIpc) is 2.48. The molecule has 0 atom stereocenters. The van der Waals surface area contributed by atoms with Crippen LogP contribution < -0.4 is 0 Å². The summed E-state index contributed by atoms with van der Waals surface area (Å²) >= 11 is 0. The number of carbonyl (C=O) groups excluding carboxylic acids is 2. The first-order valence-electron chi connectivity index (χ1n) is 6.83. The fourth-order valence-electron chi connectivity index (χ4n) is 2.73. The Labute approximate surface area is 114 Å². The van der Waals surface area contributed by atoms with Gasteiger partial charge in [0.05, 0.1) is 0 Å². The van der Waals surface area contributed by atoms with Gasteiger partial charge in [-0.05, 0) is 37.5 Å². The number of nitrogens with zero attached hydrogens (tertiary/aromatic N) is 1. The zero-order chi connectivity index (χ0) is 14.0. The van der Waals surface area contributed by atoms with Crippen molar-refractivity contribution in [3.63, 3.8) is 0 Å². The van der Waals surface area contributed by atoms with Crippen molar-refractivity contribution in [2.75, 3.05) is 6.54 Å². The molecule has 1 heterocycles. The van der Waals surface area contributed by atoms with Gasteiger partial charge in [-0.3, -0.25) is 9.59 Å². The molecule has 1 aliphatic heterocycles. The summed E-state index contributed by atoms with van der Waals surface area (Å²) < 4.78 is 0. The highest BCUT2D eigenvalue weighted by atomic mass is 16.2. The summed E-state index contributed by atoms with van der Waals surface area (Å²) in [6.45, 7) is 7.44. The van der Waals surface area contributed by atoms with Gasteiger partial charge in [-0.15, -0.1) is 0 Å². The Morgan fingerprint density at radius 1 is 1.00 bits per heavy atom. The highest BCUT2D eigenvalue weighted by molar-refractivity contribution is 5.87. The predicted octanol–water partition coefficient (Wildman–Crippen LogP) is 2.69. The monoisotopic (exact) mass is 259 g/mol. The van der Waals surface area contributed by atoms with E-state index in [1.54, 1.807) is 0 Å². The van der Waals surface area contributed by atoms with E-state index in [1.807, 2.05) is 4.90 Å². The van der Waals surface area contributed by atoms with Crippen LogP contribution >= 0.6 is 0 Å². The van der Waals surface area contributed by atoms with Gasteiger partial charge in [0, 0.05) is 32.4 Å². The Hall–Kier alpha value is -1.64. The zero-order valence-electron chi connectivity index (χ0n) is 12.0. The Bertz CT molecular complexity index is 496. The lowest BCUT2D eigenvalue weighted by atomic mass is 9.99. The molecule has 0 spiro atoms. The number of hydrogen-bond donors (Lipinski definition) is 0. The van der Waals surface area contributed by atoms with Gasteiger partial charge in [0.1, 0.15) is 5.78 Å². The second-order valence-corrected chi connectivity index (χ2v) is 5.48. The maximum Gasteiger partial charge on any atom is 0.223 e. The lowest BCUT2D eigenvalue weighted by molar-refractivity contribution is -0.131. The number of aryl methyl sites for hydroxylation is 3. The van der Waals surface area contributed by atoms with Crippen molar-refractivity contribution >= 4 is 11.7 Å². The van der Waals surface area contributed by atoms with Crippen molar-refractivity contribution in [1.29, 1.82) is 0 Å². The van der Waals surface area contributed by atoms with Crippen molar-refractivity contribution in [2.24, 2.45) is 0 Å². The second-order valence-electron chi connectivity index (χ2n) is 5.48. The molecule has 0 bridgehead atoms. The van der Waals surface area contributed by atoms with Crippen molar-refractivity contribution < 1.29 is 9.59 Å². The first-order valence-corrected chi connectivity index (χ1v) is 6.83. The van der Waals surface area contributed by atoms with Crippen LogP contribution in [-0.4, -0.2) is 23.1 Å². The molecule has 0 N–H and O–H groups in total. The van der Waals surface area contributed by atoms with Crippen LogP contribution in [0.25, 0.3) is 0 Å². The van der Waals surface area contributed by atoms with E-state index in [1.165, 1.54) is 22.3 Å². The zero-order valence-corrected chi connectivity index (χ0v) is 12.0. The first-order chi connectivity index (χ1) is 8.97. The lowest BCUT2D eigenvalue weighted by Crippen LogP contribution is -2.30. The Morgan fingerprint density at radius 3 is 2.26 bits per heavy atom. The minimum Gasteiger partial charge on any atom is -0.338 e. The minimum absolute atomic E-state index is 0.102. The maximum absolute atomic E-state index is 12.0. The summed E-state index contributed by atoms with van der Waals surface area (Å²) in [5, 5.41) is 0. The smallest absolute Gasteiger partial charge is 0.223 e. The first kappa shape index (κ1) is 13.8. The normalized spacial score (nSPS) is 16.7. The Balaban J connectivity index is 2.20. The maximum atomic E-state index is 12.0. The van der Waals surface area contributed by atoms with Crippen LogP contribution in [0.15, 0.2) is 12.1 Å². The third-order valence-electron chi connectivity index (χ3n) is 3.82. The molecule has 0 aromatic heterocycles. The standard InChI is InChI=1S/C16H21NO2/c1-11-8-12(2)15(13(3)9-11)10-17-7-6-14(18)4-5-16(17)19/h8-9H,4-7,10H2,1-3H3. The summed E-state index contributed by atoms with van der Waals surface area (Å²) in [6, 6.07) is 4.30. The molecule has 0 unspecified atom stereocenters. The lowest BCUT2D eigenvalue weighted by Gasteiger charge is -2.23. The van der Waals surface area contributed by atoms with Crippen LogP contribution in [-0.2, 0) is 16.1 Å². The van der Waals surface area contributed by atoms with E-state index in [4.69, 9.17) is 0 Å². The molecule has 0 saturated carbocycles. The predicted molar refractivity (Wildman–Crippen MR) is 74.9 cm³/mol. The minimum atomic E-state index is 0.102. The van der Waals surface area contributed by atoms with Gasteiger partial charge in [0.15, 0.2) is 0 Å². The molecule has 19 heavy (non-hydrogen) atoms. The summed E-state index contributed by atoms with van der Waals surface area (Å²) in [6.07, 6.45) is 1.26. The molecular formula is C16H21NO2. The molecule has 1 aromatic rings. The van der Waals surface area contributed by atoms with E-state index in [0.29, 0.717) is 32.4 Å². The van der Waals surface area contributed by atoms with Crippen LogP contribution in [0.2, 0.25) is 0 Å². The SMILES string of the molecule is Cc1cc(C)c(CN2CCC(=O)CCC2=O)c(C)c1. The number of amides is 1. The van der Waals surface area contributed by atoms with Gasteiger partial charge < -0.3 is 4.90 Å². The topological polar surface area (TPSA) is 37.4 Å². The van der Waals surface area contributed by atoms with Gasteiger partial charge in [-0.25, -0.2) is 0 Å². The third kappa shape index (κ3) is 3.22. The number of Topliss-reactive ketones (excluding diaryl/α,β-unsaturated/α-hetero) is 1. The molecule has 1 amide bonds. The van der Waals surface area contributed by atoms with Gasteiger partial charge >= 0.3 is 0 Å². The number of ketones is 1. The average molecular weight is 259 g/mol. The molecule has 1 fully saturated rings. The van der Waals surface area contributed by atoms with Crippen molar-refractivity contribution in [3.8, 4) is 0 Å². The van der Waals surface area contributed by atoms with Gasteiger partial charge in [0.2, 0.25) is 5.91 Å². The van der Waals surface area contributed by atoms with E-state index >= 15 is 0 Å². The van der Waals surface area contributed by atoms with E-state index < -0.39 is 0 Å². The second kappa shape index (κ2) is 5.55. The van der Waals surface area contributed by atoms with Crippen molar-refractivity contribution in [1.82, 2.24) is 4.90 Å². The van der Waals surface area contributed by atoms with Crippen molar-refractivity contribution in [2.45, 2.75) is 46.6 Å². The highest BCUT2D eigenvalue weighted by Gasteiger charge is 2.21. The van der Waals surface area contributed by atoms with Gasteiger partial charge in [-0.2, -0.15) is 0 Å². The van der Waals surface area contributed by atoms with Crippen LogP contribution in [0.1, 0.15) is 41.5 Å². The molecule has 3 heteroatoms.